The number of hydrogen-bond acceptors (Lipinski definition) is 4. The van der Waals surface area contributed by atoms with Crippen LogP contribution in [0.15, 0.2) is 12.3 Å². The highest BCUT2D eigenvalue weighted by molar-refractivity contribution is 5.95. The second-order valence-corrected chi connectivity index (χ2v) is 6.06. The molecule has 1 aromatic rings. The molecule has 0 aromatic carbocycles. The maximum Gasteiger partial charge on any atom is 0.328 e. The molecule has 1 saturated carbocycles. The van der Waals surface area contributed by atoms with Crippen molar-refractivity contribution in [3.05, 3.63) is 18.0 Å². The van der Waals surface area contributed by atoms with Crippen molar-refractivity contribution in [1.29, 1.82) is 0 Å². The van der Waals surface area contributed by atoms with Crippen LogP contribution in [0, 0.1) is 11.8 Å². The van der Waals surface area contributed by atoms with Gasteiger partial charge in [0.2, 0.25) is 0 Å². The average molecular weight is 307 g/mol. The molecule has 1 aliphatic carbocycles. The van der Waals surface area contributed by atoms with Gasteiger partial charge in [-0.2, -0.15) is 5.10 Å². The van der Waals surface area contributed by atoms with Crippen LogP contribution >= 0.6 is 0 Å². The Balaban J connectivity index is 2.09. The van der Waals surface area contributed by atoms with Crippen LogP contribution < -0.4 is 5.32 Å². The summed E-state index contributed by atoms with van der Waals surface area (Å²) in [5.74, 6) is 0.216. The third kappa shape index (κ3) is 3.87. The van der Waals surface area contributed by atoms with E-state index in [-0.39, 0.29) is 17.8 Å². The molecule has 1 amide bonds. The Labute approximate surface area is 131 Å². The van der Waals surface area contributed by atoms with Crippen molar-refractivity contribution < 1.29 is 14.3 Å². The highest BCUT2D eigenvalue weighted by Gasteiger charge is 2.33. The minimum absolute atomic E-state index is 0.146. The summed E-state index contributed by atoms with van der Waals surface area (Å²) in [6, 6.07) is 1.07. The fraction of sp³-hybridized carbons (Fsp3) is 0.688. The highest BCUT2D eigenvalue weighted by atomic mass is 16.5. The Kier molecular flexibility index (Phi) is 5.57. The second-order valence-electron chi connectivity index (χ2n) is 6.06. The molecule has 0 spiro atoms. The molecule has 1 atom stereocenters. The molecular formula is C16H25N3O3. The van der Waals surface area contributed by atoms with E-state index >= 15 is 0 Å². The summed E-state index contributed by atoms with van der Waals surface area (Å²) in [4.78, 5) is 24.6. The van der Waals surface area contributed by atoms with E-state index in [1.807, 2.05) is 0 Å². The molecule has 0 aliphatic heterocycles. The first-order chi connectivity index (χ1) is 10.5. The molecule has 0 saturated heterocycles. The number of hydrogen-bond donors (Lipinski definition) is 1. The molecule has 1 heterocycles. The van der Waals surface area contributed by atoms with Gasteiger partial charge in [-0.25, -0.2) is 4.79 Å². The molecule has 6 nitrogen and oxygen atoms in total. The van der Waals surface area contributed by atoms with Gasteiger partial charge in [-0.15, -0.1) is 0 Å². The second kappa shape index (κ2) is 7.42. The smallest absolute Gasteiger partial charge is 0.328 e. The molecule has 6 heteroatoms. The van der Waals surface area contributed by atoms with Crippen LogP contribution in [0.3, 0.4) is 0 Å². The van der Waals surface area contributed by atoms with E-state index in [9.17, 15) is 9.59 Å². The fourth-order valence-electron chi connectivity index (χ4n) is 3.03. The van der Waals surface area contributed by atoms with Gasteiger partial charge in [-0.1, -0.05) is 19.8 Å². The Bertz CT molecular complexity index is 518. The first kappa shape index (κ1) is 16.5. The zero-order valence-electron chi connectivity index (χ0n) is 13.5. The number of nitrogens with one attached hydrogen (secondary N) is 1. The van der Waals surface area contributed by atoms with Crippen molar-refractivity contribution in [1.82, 2.24) is 15.1 Å². The third-order valence-corrected chi connectivity index (χ3v) is 4.41. The van der Waals surface area contributed by atoms with Crippen molar-refractivity contribution in [2.75, 3.05) is 6.61 Å². The average Bonchev–Trinajstić information content (AvgIpc) is 2.92. The Morgan fingerprint density at radius 3 is 2.64 bits per heavy atom. The SMILES string of the molecule is CCOC(=O)[C@@H](NC(=O)c1ccnn1C)C1CCC(C)CC1. The van der Waals surface area contributed by atoms with Crippen molar-refractivity contribution in [3.63, 3.8) is 0 Å². The number of aryl methyl sites for hydroxylation is 1. The predicted octanol–water partition coefficient (Wildman–Crippen LogP) is 1.91. The summed E-state index contributed by atoms with van der Waals surface area (Å²) in [7, 11) is 1.70. The minimum atomic E-state index is -0.574. The summed E-state index contributed by atoms with van der Waals surface area (Å²) in [5, 5.41) is 6.84. The van der Waals surface area contributed by atoms with Crippen LogP contribution in [0.4, 0.5) is 0 Å². The molecule has 1 fully saturated rings. The number of ether oxygens (including phenoxy) is 1. The lowest BCUT2D eigenvalue weighted by Crippen LogP contribution is -2.48. The predicted molar refractivity (Wildman–Crippen MR) is 82.2 cm³/mol. The standard InChI is InChI=1S/C16H25N3O3/c1-4-22-16(21)14(12-7-5-11(2)6-8-12)18-15(20)13-9-10-17-19(13)3/h9-12,14H,4-8H2,1-3H3,(H,18,20)/t11?,12?,14-/m0/s1. The van der Waals surface area contributed by atoms with Crippen LogP contribution in [0.5, 0.6) is 0 Å². The summed E-state index contributed by atoms with van der Waals surface area (Å²) >= 11 is 0. The third-order valence-electron chi connectivity index (χ3n) is 4.41. The zero-order valence-corrected chi connectivity index (χ0v) is 13.5. The normalized spacial score (nSPS) is 22.9. The molecule has 0 unspecified atom stereocenters. The number of rotatable bonds is 5. The van der Waals surface area contributed by atoms with Crippen LogP contribution in [-0.2, 0) is 16.6 Å². The van der Waals surface area contributed by atoms with Crippen LogP contribution in [0.2, 0.25) is 0 Å². The van der Waals surface area contributed by atoms with Gasteiger partial charge in [0.05, 0.1) is 6.61 Å². The Morgan fingerprint density at radius 2 is 2.09 bits per heavy atom. The van der Waals surface area contributed by atoms with E-state index < -0.39 is 6.04 Å². The molecule has 2 rings (SSSR count). The number of carbonyl (C=O) groups is 2. The molecule has 0 bridgehead atoms. The first-order valence-corrected chi connectivity index (χ1v) is 7.98. The van der Waals surface area contributed by atoms with Crippen molar-refractivity contribution >= 4 is 11.9 Å². The number of aromatic nitrogens is 2. The van der Waals surface area contributed by atoms with Gasteiger partial charge in [0.15, 0.2) is 0 Å². The van der Waals surface area contributed by atoms with E-state index in [4.69, 9.17) is 4.74 Å². The number of carbonyl (C=O) groups excluding carboxylic acids is 2. The quantitative estimate of drug-likeness (QED) is 0.843. The number of esters is 1. The van der Waals surface area contributed by atoms with Crippen LogP contribution in [-0.4, -0.2) is 34.3 Å². The lowest BCUT2D eigenvalue weighted by Gasteiger charge is -2.31. The molecule has 22 heavy (non-hydrogen) atoms. The number of amides is 1. The monoisotopic (exact) mass is 307 g/mol. The van der Waals surface area contributed by atoms with Gasteiger partial charge >= 0.3 is 5.97 Å². The van der Waals surface area contributed by atoms with Crippen molar-refractivity contribution in [3.8, 4) is 0 Å². The van der Waals surface area contributed by atoms with E-state index in [0.29, 0.717) is 18.2 Å². The Morgan fingerprint density at radius 1 is 1.41 bits per heavy atom. The zero-order chi connectivity index (χ0) is 16.1. The molecule has 0 radical (unpaired) electrons. The largest absolute Gasteiger partial charge is 0.464 e. The van der Waals surface area contributed by atoms with Gasteiger partial charge in [0.1, 0.15) is 11.7 Å². The van der Waals surface area contributed by atoms with E-state index in [2.05, 4.69) is 17.3 Å². The van der Waals surface area contributed by atoms with E-state index in [0.717, 1.165) is 25.7 Å². The molecular weight excluding hydrogens is 282 g/mol. The maximum absolute atomic E-state index is 12.4. The number of nitrogens with zero attached hydrogens (tertiary/aromatic N) is 2. The lowest BCUT2D eigenvalue weighted by molar-refractivity contribution is -0.147. The van der Waals surface area contributed by atoms with Gasteiger partial charge in [-0.05, 0) is 37.7 Å². The summed E-state index contributed by atoms with van der Waals surface area (Å²) in [6.07, 6.45) is 5.62. The van der Waals surface area contributed by atoms with E-state index in [1.54, 1.807) is 26.2 Å². The molecule has 1 N–H and O–H groups in total. The fourth-order valence-corrected chi connectivity index (χ4v) is 3.03. The maximum atomic E-state index is 12.4. The van der Waals surface area contributed by atoms with Crippen molar-refractivity contribution in [2.45, 2.75) is 45.6 Å². The molecule has 1 aromatic heterocycles. The lowest BCUT2D eigenvalue weighted by atomic mass is 9.79. The van der Waals surface area contributed by atoms with Gasteiger partial charge in [0.25, 0.3) is 5.91 Å². The van der Waals surface area contributed by atoms with Crippen LogP contribution in [0.25, 0.3) is 0 Å². The minimum Gasteiger partial charge on any atom is -0.464 e. The van der Waals surface area contributed by atoms with Crippen LogP contribution in [0.1, 0.15) is 50.0 Å². The van der Waals surface area contributed by atoms with E-state index in [1.165, 1.54) is 4.68 Å². The molecule has 1 aliphatic rings. The highest BCUT2D eigenvalue weighted by Crippen LogP contribution is 2.31. The summed E-state index contributed by atoms with van der Waals surface area (Å²) in [6.45, 7) is 4.32. The van der Waals surface area contributed by atoms with Gasteiger partial charge < -0.3 is 10.1 Å². The van der Waals surface area contributed by atoms with Gasteiger partial charge in [-0.3, -0.25) is 9.48 Å². The first-order valence-electron chi connectivity index (χ1n) is 7.98. The molecule has 122 valence electrons. The summed E-state index contributed by atoms with van der Waals surface area (Å²) < 4.78 is 6.66. The Hall–Kier alpha value is -1.85. The topological polar surface area (TPSA) is 73.2 Å². The van der Waals surface area contributed by atoms with Gasteiger partial charge in [0, 0.05) is 13.2 Å². The summed E-state index contributed by atoms with van der Waals surface area (Å²) in [5.41, 5.74) is 0.443. The van der Waals surface area contributed by atoms with Crippen molar-refractivity contribution in [2.24, 2.45) is 18.9 Å².